The standard InChI is InChI=1S/C21H28N4O5S/c1-3-25(4-2)31(29,30)15-7-8-18-16(13-15)17(14-19(26)23-18)21(28)22-10-9-20(27)24-11-5-6-12-24/h7-8,13-14H,3-6,9-12H2,1-2H3,(H,22,28)(H,23,26). The summed E-state index contributed by atoms with van der Waals surface area (Å²) in [4.78, 5) is 41.4. The largest absolute Gasteiger partial charge is 0.351 e. The third kappa shape index (κ3) is 4.96. The molecule has 0 bridgehead atoms. The Kier molecular flexibility index (Phi) is 7.11. The van der Waals surface area contributed by atoms with E-state index in [1.165, 1.54) is 22.5 Å². The van der Waals surface area contributed by atoms with E-state index >= 15 is 0 Å². The maximum Gasteiger partial charge on any atom is 0.252 e. The van der Waals surface area contributed by atoms with Crippen molar-refractivity contribution < 1.29 is 18.0 Å². The van der Waals surface area contributed by atoms with Crippen LogP contribution in [0.1, 0.15) is 43.5 Å². The zero-order valence-corrected chi connectivity index (χ0v) is 18.6. The minimum absolute atomic E-state index is 0.0128. The molecule has 0 radical (unpaired) electrons. The average Bonchev–Trinajstić information content (AvgIpc) is 3.28. The number of aromatic amines is 1. The van der Waals surface area contributed by atoms with Crippen LogP contribution in [-0.2, 0) is 14.8 Å². The van der Waals surface area contributed by atoms with Gasteiger partial charge in [0.1, 0.15) is 0 Å². The van der Waals surface area contributed by atoms with Gasteiger partial charge in [-0.25, -0.2) is 8.42 Å². The van der Waals surface area contributed by atoms with Crippen LogP contribution < -0.4 is 10.9 Å². The molecular weight excluding hydrogens is 420 g/mol. The van der Waals surface area contributed by atoms with Crippen LogP contribution in [0.2, 0.25) is 0 Å². The fourth-order valence-corrected chi connectivity index (χ4v) is 5.28. The number of benzene rings is 1. The van der Waals surface area contributed by atoms with E-state index < -0.39 is 21.5 Å². The van der Waals surface area contributed by atoms with E-state index in [0.29, 0.717) is 24.0 Å². The number of hydrogen-bond donors (Lipinski definition) is 2. The van der Waals surface area contributed by atoms with Gasteiger partial charge in [0.2, 0.25) is 21.5 Å². The summed E-state index contributed by atoms with van der Waals surface area (Å²) in [6.07, 6.45) is 2.17. The van der Waals surface area contributed by atoms with Gasteiger partial charge in [-0.05, 0) is 31.0 Å². The highest BCUT2D eigenvalue weighted by molar-refractivity contribution is 7.89. The number of rotatable bonds is 8. The maximum atomic E-state index is 12.9. The molecule has 9 nitrogen and oxygen atoms in total. The summed E-state index contributed by atoms with van der Waals surface area (Å²) >= 11 is 0. The van der Waals surface area contributed by atoms with Gasteiger partial charge in [0, 0.05) is 56.1 Å². The van der Waals surface area contributed by atoms with Gasteiger partial charge in [0.15, 0.2) is 0 Å². The van der Waals surface area contributed by atoms with Crippen LogP contribution >= 0.6 is 0 Å². The van der Waals surface area contributed by atoms with Gasteiger partial charge < -0.3 is 15.2 Å². The lowest BCUT2D eigenvalue weighted by molar-refractivity contribution is -0.129. The number of likely N-dealkylation sites (tertiary alicyclic amines) is 1. The van der Waals surface area contributed by atoms with Gasteiger partial charge in [-0.2, -0.15) is 4.31 Å². The Morgan fingerprint density at radius 2 is 1.81 bits per heavy atom. The Hall–Kier alpha value is -2.72. The van der Waals surface area contributed by atoms with E-state index in [4.69, 9.17) is 0 Å². The molecule has 0 spiro atoms. The summed E-state index contributed by atoms with van der Waals surface area (Å²) in [6.45, 7) is 5.77. The molecule has 1 aliphatic heterocycles. The summed E-state index contributed by atoms with van der Waals surface area (Å²) < 4.78 is 27.1. The van der Waals surface area contributed by atoms with Gasteiger partial charge in [-0.1, -0.05) is 13.8 Å². The van der Waals surface area contributed by atoms with Crippen LogP contribution in [-0.4, -0.2) is 67.1 Å². The van der Waals surface area contributed by atoms with Crippen molar-refractivity contribution in [3.8, 4) is 0 Å². The first-order chi connectivity index (χ1) is 14.8. The lowest BCUT2D eigenvalue weighted by Gasteiger charge is -2.19. The second-order valence-corrected chi connectivity index (χ2v) is 9.38. The van der Waals surface area contributed by atoms with E-state index in [-0.39, 0.29) is 29.3 Å². The number of pyridine rings is 1. The fourth-order valence-electron chi connectivity index (χ4n) is 3.80. The second kappa shape index (κ2) is 9.61. The first kappa shape index (κ1) is 23.0. The third-order valence-corrected chi connectivity index (χ3v) is 7.53. The first-order valence-corrected chi connectivity index (χ1v) is 11.9. The van der Waals surface area contributed by atoms with Gasteiger partial charge in [0.05, 0.1) is 10.5 Å². The van der Waals surface area contributed by atoms with Crippen molar-refractivity contribution in [1.82, 2.24) is 19.5 Å². The van der Waals surface area contributed by atoms with Crippen LogP contribution in [0.5, 0.6) is 0 Å². The number of H-pyrrole nitrogens is 1. The molecule has 1 aromatic carbocycles. The molecular formula is C21H28N4O5S. The summed E-state index contributed by atoms with van der Waals surface area (Å²) in [5.41, 5.74) is -0.0293. The Morgan fingerprint density at radius 3 is 2.45 bits per heavy atom. The molecule has 3 rings (SSSR count). The van der Waals surface area contributed by atoms with Crippen LogP contribution in [0.25, 0.3) is 10.9 Å². The number of nitrogens with zero attached hydrogens (tertiary/aromatic N) is 2. The molecule has 1 saturated heterocycles. The quantitative estimate of drug-likeness (QED) is 0.631. The first-order valence-electron chi connectivity index (χ1n) is 10.5. The van der Waals surface area contributed by atoms with Crippen LogP contribution in [0.3, 0.4) is 0 Å². The Bertz CT molecular complexity index is 1130. The number of fused-ring (bicyclic) bond motifs is 1. The molecule has 1 aliphatic rings. The minimum Gasteiger partial charge on any atom is -0.351 e. The highest BCUT2D eigenvalue weighted by Crippen LogP contribution is 2.23. The number of nitrogens with one attached hydrogen (secondary N) is 2. The molecule has 0 unspecified atom stereocenters. The number of carbonyl (C=O) groups excluding carboxylic acids is 2. The molecule has 31 heavy (non-hydrogen) atoms. The number of aromatic nitrogens is 1. The van der Waals surface area contributed by atoms with Crippen LogP contribution in [0.4, 0.5) is 0 Å². The van der Waals surface area contributed by atoms with Gasteiger partial charge >= 0.3 is 0 Å². The SMILES string of the molecule is CCN(CC)S(=O)(=O)c1ccc2[nH]c(=O)cc(C(=O)NCCC(=O)N3CCCC3)c2c1. The molecule has 0 aliphatic carbocycles. The van der Waals surface area contributed by atoms with E-state index in [9.17, 15) is 22.8 Å². The Labute approximate surface area is 181 Å². The van der Waals surface area contributed by atoms with Crippen LogP contribution in [0, 0.1) is 0 Å². The predicted molar refractivity (Wildman–Crippen MR) is 117 cm³/mol. The van der Waals surface area contributed by atoms with E-state index in [0.717, 1.165) is 32.0 Å². The highest BCUT2D eigenvalue weighted by Gasteiger charge is 2.23. The molecule has 2 aromatic rings. The Balaban J connectivity index is 1.85. The van der Waals surface area contributed by atoms with Crippen molar-refractivity contribution in [3.05, 3.63) is 40.2 Å². The lowest BCUT2D eigenvalue weighted by atomic mass is 10.1. The van der Waals surface area contributed by atoms with Gasteiger partial charge in [-0.15, -0.1) is 0 Å². The number of amides is 2. The fraction of sp³-hybridized carbons (Fsp3) is 0.476. The third-order valence-electron chi connectivity index (χ3n) is 5.49. The molecule has 0 saturated carbocycles. The summed E-state index contributed by atoms with van der Waals surface area (Å²) in [5, 5.41) is 3.01. The van der Waals surface area contributed by atoms with Gasteiger partial charge in [0.25, 0.3) is 5.91 Å². The lowest BCUT2D eigenvalue weighted by Crippen LogP contribution is -2.33. The number of carbonyl (C=O) groups is 2. The highest BCUT2D eigenvalue weighted by atomic mass is 32.2. The van der Waals surface area contributed by atoms with E-state index in [1.807, 2.05) is 0 Å². The number of hydrogen-bond acceptors (Lipinski definition) is 5. The molecule has 1 fully saturated rings. The van der Waals surface area contributed by atoms with Crippen molar-refractivity contribution in [1.29, 1.82) is 0 Å². The van der Waals surface area contributed by atoms with Crippen molar-refractivity contribution in [3.63, 3.8) is 0 Å². The zero-order valence-electron chi connectivity index (χ0n) is 17.8. The normalized spacial score (nSPS) is 14.4. The van der Waals surface area contributed by atoms with Crippen molar-refractivity contribution in [2.45, 2.75) is 38.0 Å². The summed E-state index contributed by atoms with van der Waals surface area (Å²) in [5.74, 6) is -0.538. The van der Waals surface area contributed by atoms with Crippen LogP contribution in [0.15, 0.2) is 34.0 Å². The average molecular weight is 449 g/mol. The molecule has 2 amide bonds. The molecule has 168 valence electrons. The van der Waals surface area contributed by atoms with Crippen molar-refractivity contribution >= 4 is 32.7 Å². The summed E-state index contributed by atoms with van der Waals surface area (Å²) in [6, 6.07) is 5.46. The Morgan fingerprint density at radius 1 is 1.13 bits per heavy atom. The second-order valence-electron chi connectivity index (χ2n) is 7.44. The van der Waals surface area contributed by atoms with E-state index in [2.05, 4.69) is 10.3 Å². The van der Waals surface area contributed by atoms with E-state index in [1.54, 1.807) is 18.7 Å². The molecule has 2 heterocycles. The van der Waals surface area contributed by atoms with Gasteiger partial charge in [-0.3, -0.25) is 14.4 Å². The molecule has 10 heteroatoms. The molecule has 1 aromatic heterocycles. The zero-order chi connectivity index (χ0) is 22.6. The number of sulfonamides is 1. The minimum atomic E-state index is -3.72. The maximum absolute atomic E-state index is 12.9. The topological polar surface area (TPSA) is 120 Å². The van der Waals surface area contributed by atoms with Crippen molar-refractivity contribution in [2.75, 3.05) is 32.7 Å². The summed E-state index contributed by atoms with van der Waals surface area (Å²) in [7, 11) is -3.72. The molecule has 2 N–H and O–H groups in total. The van der Waals surface area contributed by atoms with Crippen molar-refractivity contribution in [2.24, 2.45) is 0 Å². The molecule has 0 atom stereocenters. The smallest absolute Gasteiger partial charge is 0.252 e. The monoisotopic (exact) mass is 448 g/mol. The predicted octanol–water partition coefficient (Wildman–Crippen LogP) is 1.30.